The number of hydrogen-bond donors (Lipinski definition) is 0. The molecule has 0 bridgehead atoms. The van der Waals surface area contributed by atoms with E-state index in [9.17, 15) is 0 Å². The summed E-state index contributed by atoms with van der Waals surface area (Å²) >= 11 is 0. The van der Waals surface area contributed by atoms with E-state index in [0.717, 1.165) is 39.0 Å². The van der Waals surface area contributed by atoms with Gasteiger partial charge in [-0.2, -0.15) is 0 Å². The van der Waals surface area contributed by atoms with Crippen LogP contribution in [-0.4, -0.2) is 19.5 Å². The standard InChI is InChI=1S/C58H36N4/c1-3-19-37(20-4-1)39-23-7-8-27-44(39)56-59-55(38-21-5-2-6-22-38)60-57(61-56)46-29-13-18-34-52(46)62-51-33-17-12-26-42(51)43-35-36-50-53(54(43)62)45-28-11-16-32-49(45)58(50)47-30-14-9-24-40(47)41-25-10-15-31-48(41)58/h1-36H. The minimum Gasteiger partial charge on any atom is -0.308 e. The van der Waals surface area contributed by atoms with Crippen LogP contribution in [0.1, 0.15) is 22.3 Å². The normalized spacial score (nSPS) is 13.0. The topological polar surface area (TPSA) is 43.6 Å². The van der Waals surface area contributed by atoms with Gasteiger partial charge in [0.2, 0.25) is 0 Å². The Labute approximate surface area is 359 Å². The van der Waals surface area contributed by atoms with Crippen molar-refractivity contribution in [2.24, 2.45) is 0 Å². The highest BCUT2D eigenvalue weighted by molar-refractivity contribution is 6.17. The van der Waals surface area contributed by atoms with E-state index in [0.29, 0.717) is 17.5 Å². The predicted molar refractivity (Wildman–Crippen MR) is 252 cm³/mol. The van der Waals surface area contributed by atoms with Gasteiger partial charge in [-0.05, 0) is 68.3 Å². The molecule has 0 N–H and O–H groups in total. The summed E-state index contributed by atoms with van der Waals surface area (Å²) in [6.07, 6.45) is 0. The summed E-state index contributed by atoms with van der Waals surface area (Å²) in [5, 5.41) is 2.41. The Morgan fingerprint density at radius 1 is 0.306 bits per heavy atom. The molecule has 0 saturated carbocycles. The van der Waals surface area contributed by atoms with Crippen molar-refractivity contribution in [3.8, 4) is 73.2 Å². The third-order valence-electron chi connectivity index (χ3n) is 13.1. The van der Waals surface area contributed by atoms with Crippen molar-refractivity contribution in [2.45, 2.75) is 5.41 Å². The second-order valence-corrected chi connectivity index (χ2v) is 16.2. The summed E-state index contributed by atoms with van der Waals surface area (Å²) in [5.74, 6) is 1.86. The average molecular weight is 789 g/mol. The van der Waals surface area contributed by atoms with Crippen LogP contribution >= 0.6 is 0 Å². The molecule has 2 aliphatic carbocycles. The van der Waals surface area contributed by atoms with E-state index < -0.39 is 5.41 Å². The van der Waals surface area contributed by atoms with Crippen molar-refractivity contribution in [2.75, 3.05) is 0 Å². The Balaban J connectivity index is 1.12. The summed E-state index contributed by atoms with van der Waals surface area (Å²) < 4.78 is 2.48. The molecule has 11 aromatic rings. The van der Waals surface area contributed by atoms with Gasteiger partial charge in [0.05, 0.1) is 22.1 Å². The fourth-order valence-corrected chi connectivity index (χ4v) is 10.6. The van der Waals surface area contributed by atoms with E-state index in [1.807, 2.05) is 24.3 Å². The zero-order valence-electron chi connectivity index (χ0n) is 33.6. The van der Waals surface area contributed by atoms with Gasteiger partial charge >= 0.3 is 0 Å². The minimum atomic E-state index is -0.464. The van der Waals surface area contributed by atoms with E-state index in [-0.39, 0.29) is 0 Å². The van der Waals surface area contributed by atoms with Gasteiger partial charge in [0.15, 0.2) is 17.5 Å². The fourth-order valence-electron chi connectivity index (χ4n) is 10.6. The fraction of sp³-hybridized carbons (Fsp3) is 0.0172. The highest BCUT2D eigenvalue weighted by Crippen LogP contribution is 2.64. The minimum absolute atomic E-state index is 0.464. The second-order valence-electron chi connectivity index (χ2n) is 16.2. The maximum absolute atomic E-state index is 5.40. The lowest BCUT2D eigenvalue weighted by molar-refractivity contribution is 0.794. The average Bonchev–Trinajstić information content (AvgIpc) is 3.96. The molecule has 2 aromatic heterocycles. The van der Waals surface area contributed by atoms with Gasteiger partial charge in [-0.1, -0.05) is 200 Å². The number of para-hydroxylation sites is 2. The molecule has 0 fully saturated rings. The molecule has 0 radical (unpaired) electrons. The Kier molecular flexibility index (Phi) is 7.49. The number of nitrogens with zero attached hydrogens (tertiary/aromatic N) is 4. The smallest absolute Gasteiger partial charge is 0.166 e. The van der Waals surface area contributed by atoms with Crippen molar-refractivity contribution in [3.05, 3.63) is 241 Å². The molecule has 0 saturated heterocycles. The first-order valence-electron chi connectivity index (χ1n) is 21.2. The molecule has 62 heavy (non-hydrogen) atoms. The number of benzene rings is 9. The summed E-state index contributed by atoms with van der Waals surface area (Å²) in [6.45, 7) is 0. The molecule has 1 spiro atoms. The van der Waals surface area contributed by atoms with Crippen LogP contribution in [0.25, 0.3) is 95.0 Å². The number of aromatic nitrogens is 4. The summed E-state index contributed by atoms with van der Waals surface area (Å²) in [4.78, 5) is 15.9. The van der Waals surface area contributed by atoms with Crippen LogP contribution in [0.3, 0.4) is 0 Å². The largest absolute Gasteiger partial charge is 0.308 e. The van der Waals surface area contributed by atoms with Crippen LogP contribution < -0.4 is 0 Å². The first-order chi connectivity index (χ1) is 30.8. The van der Waals surface area contributed by atoms with Gasteiger partial charge in [0.1, 0.15) is 0 Å². The summed E-state index contributed by atoms with van der Waals surface area (Å²) in [7, 11) is 0. The molecule has 4 nitrogen and oxygen atoms in total. The van der Waals surface area contributed by atoms with Gasteiger partial charge in [0, 0.05) is 33.0 Å². The third kappa shape index (κ3) is 4.80. The molecule has 9 aromatic carbocycles. The number of fused-ring (bicyclic) bond motifs is 14. The van der Waals surface area contributed by atoms with Crippen molar-refractivity contribution in [3.63, 3.8) is 0 Å². The summed E-state index contributed by atoms with van der Waals surface area (Å²) in [6, 6.07) is 78.4. The van der Waals surface area contributed by atoms with E-state index in [2.05, 4.69) is 199 Å². The van der Waals surface area contributed by atoms with Gasteiger partial charge in [0.25, 0.3) is 0 Å². The highest BCUT2D eigenvalue weighted by Gasteiger charge is 2.52. The van der Waals surface area contributed by atoms with E-state index in [1.165, 1.54) is 60.8 Å². The number of rotatable bonds is 5. The maximum Gasteiger partial charge on any atom is 0.166 e. The zero-order valence-corrected chi connectivity index (χ0v) is 33.6. The monoisotopic (exact) mass is 788 g/mol. The van der Waals surface area contributed by atoms with E-state index in [4.69, 9.17) is 15.0 Å². The Hall–Kier alpha value is -8.21. The van der Waals surface area contributed by atoms with Crippen LogP contribution in [0.2, 0.25) is 0 Å². The van der Waals surface area contributed by atoms with Gasteiger partial charge in [-0.25, -0.2) is 15.0 Å². The van der Waals surface area contributed by atoms with Gasteiger partial charge < -0.3 is 4.57 Å². The molecule has 0 atom stereocenters. The van der Waals surface area contributed by atoms with Gasteiger partial charge in [-0.3, -0.25) is 0 Å². The molecule has 2 aliphatic rings. The molecular weight excluding hydrogens is 753 g/mol. The predicted octanol–water partition coefficient (Wildman–Crippen LogP) is 14.0. The molecule has 4 heteroatoms. The molecule has 2 heterocycles. The van der Waals surface area contributed by atoms with Crippen molar-refractivity contribution >= 4 is 21.8 Å². The summed E-state index contributed by atoms with van der Waals surface area (Å²) in [5.41, 5.74) is 18.2. The molecule has 288 valence electrons. The van der Waals surface area contributed by atoms with Crippen LogP contribution in [-0.2, 0) is 5.41 Å². The van der Waals surface area contributed by atoms with Gasteiger partial charge in [-0.15, -0.1) is 0 Å². The van der Waals surface area contributed by atoms with E-state index in [1.54, 1.807) is 0 Å². The third-order valence-corrected chi connectivity index (χ3v) is 13.1. The SMILES string of the molecule is c1ccc(-c2nc(-c3ccccc3-c3ccccc3)nc(-c3ccccc3-n3c4ccccc4c4ccc5c(c43)-c3ccccc3C53c4ccccc4-c4ccccc43)n2)cc1. The van der Waals surface area contributed by atoms with Crippen molar-refractivity contribution < 1.29 is 0 Å². The molecule has 0 unspecified atom stereocenters. The Bertz CT molecular complexity index is 3540. The first kappa shape index (κ1) is 34.6. The Morgan fingerprint density at radius 2 is 0.790 bits per heavy atom. The second kappa shape index (κ2) is 13.4. The lowest BCUT2D eigenvalue weighted by atomic mass is 9.70. The maximum atomic E-state index is 5.40. The zero-order chi connectivity index (χ0) is 40.8. The first-order valence-corrected chi connectivity index (χ1v) is 21.2. The highest BCUT2D eigenvalue weighted by atomic mass is 15.1. The van der Waals surface area contributed by atoms with Crippen LogP contribution in [0.4, 0.5) is 0 Å². The van der Waals surface area contributed by atoms with Crippen LogP contribution in [0, 0.1) is 0 Å². The van der Waals surface area contributed by atoms with Crippen LogP contribution in [0.5, 0.6) is 0 Å². The lowest BCUT2D eigenvalue weighted by Gasteiger charge is -2.30. The quantitative estimate of drug-likeness (QED) is 0.174. The molecule has 13 rings (SSSR count). The van der Waals surface area contributed by atoms with Crippen molar-refractivity contribution in [1.29, 1.82) is 0 Å². The van der Waals surface area contributed by atoms with Crippen molar-refractivity contribution in [1.82, 2.24) is 19.5 Å². The molecule has 0 amide bonds. The Morgan fingerprint density at radius 3 is 1.48 bits per heavy atom. The molecule has 0 aliphatic heterocycles. The van der Waals surface area contributed by atoms with E-state index >= 15 is 0 Å². The molecular formula is C58H36N4. The van der Waals surface area contributed by atoms with Crippen LogP contribution in [0.15, 0.2) is 218 Å². The number of hydrogen-bond acceptors (Lipinski definition) is 3. The lowest BCUT2D eigenvalue weighted by Crippen LogP contribution is -2.25.